The van der Waals surface area contributed by atoms with Crippen molar-refractivity contribution in [2.75, 3.05) is 26.2 Å². The first-order valence-corrected chi connectivity index (χ1v) is 8.38. The van der Waals surface area contributed by atoms with Gasteiger partial charge in [0.1, 0.15) is 12.4 Å². The predicted molar refractivity (Wildman–Crippen MR) is 98.6 cm³/mol. The van der Waals surface area contributed by atoms with E-state index in [-0.39, 0.29) is 11.7 Å². The number of rotatable bonds is 7. The maximum absolute atomic E-state index is 7.11. The summed E-state index contributed by atoms with van der Waals surface area (Å²) in [7, 11) is 0. The number of nitrogens with zero attached hydrogens (tertiary/aromatic N) is 2. The number of ether oxygens (including phenoxy) is 1. The van der Waals surface area contributed by atoms with Crippen molar-refractivity contribution in [2.45, 2.75) is 25.8 Å². The molecule has 1 aliphatic rings. The van der Waals surface area contributed by atoms with Gasteiger partial charge in [-0.2, -0.15) is 0 Å². The summed E-state index contributed by atoms with van der Waals surface area (Å²) in [5.74, 6) is 0.733. The van der Waals surface area contributed by atoms with Gasteiger partial charge in [0.15, 0.2) is 11.7 Å². The molecule has 1 aromatic carbocycles. The van der Waals surface area contributed by atoms with E-state index in [1.54, 1.807) is 0 Å². The number of likely N-dealkylation sites (tertiary alicyclic amines) is 1. The molecule has 0 bridgehead atoms. The molecule has 1 aliphatic heterocycles. The van der Waals surface area contributed by atoms with E-state index in [0.717, 1.165) is 12.3 Å². The van der Waals surface area contributed by atoms with Crippen molar-refractivity contribution < 1.29 is 4.74 Å². The average molecular weight is 329 g/mol. The number of nitrogens with two attached hydrogens (primary N) is 2. The molecule has 0 aliphatic carbocycles. The van der Waals surface area contributed by atoms with Gasteiger partial charge in [-0.1, -0.05) is 24.6 Å². The minimum Gasteiger partial charge on any atom is -0.490 e. The predicted octanol–water partition coefficient (Wildman–Crippen LogP) is 1.90. The summed E-state index contributed by atoms with van der Waals surface area (Å²) in [6, 6.07) is 8.26. The van der Waals surface area contributed by atoms with Crippen LogP contribution >= 0.6 is 0 Å². The summed E-state index contributed by atoms with van der Waals surface area (Å²) in [5, 5.41) is 7.11. The number of nitrogens with one attached hydrogen (secondary N) is 1. The summed E-state index contributed by atoms with van der Waals surface area (Å²) >= 11 is 0. The number of amidine groups is 2. The minimum absolute atomic E-state index is 0.0611. The van der Waals surface area contributed by atoms with Crippen LogP contribution < -0.4 is 16.2 Å². The Morgan fingerprint density at radius 1 is 1.21 bits per heavy atom. The molecular formula is C18H27N5O. The van der Waals surface area contributed by atoms with E-state index in [2.05, 4.69) is 22.0 Å². The topological polar surface area (TPSA) is 101 Å². The molecule has 1 saturated heterocycles. The van der Waals surface area contributed by atoms with E-state index in [1.165, 1.54) is 37.9 Å². The Morgan fingerprint density at radius 3 is 2.75 bits per heavy atom. The molecule has 0 spiro atoms. The molecule has 1 fully saturated rings. The Bertz CT molecular complexity index is 591. The van der Waals surface area contributed by atoms with Gasteiger partial charge < -0.3 is 16.2 Å². The van der Waals surface area contributed by atoms with Gasteiger partial charge in [0.2, 0.25) is 0 Å². The summed E-state index contributed by atoms with van der Waals surface area (Å²) in [6.45, 7) is 4.24. The second-order valence-corrected chi connectivity index (χ2v) is 5.91. The highest BCUT2D eigenvalue weighted by Gasteiger charge is 2.10. The maximum atomic E-state index is 7.11. The number of hydrogen-bond acceptors (Lipinski definition) is 4. The molecule has 0 amide bonds. The van der Waals surface area contributed by atoms with E-state index in [4.69, 9.17) is 21.6 Å². The van der Waals surface area contributed by atoms with Crippen LogP contribution in [-0.2, 0) is 6.54 Å². The zero-order valence-electron chi connectivity index (χ0n) is 14.1. The van der Waals surface area contributed by atoms with Crippen molar-refractivity contribution >= 4 is 11.7 Å². The fraction of sp³-hybridized carbons (Fsp3) is 0.444. The SMILES string of the molecule is N=C(N)C(N)=NC/C=C\COc1cccc(CN2CCCCC2)c1. The van der Waals surface area contributed by atoms with Crippen molar-refractivity contribution in [3.63, 3.8) is 0 Å². The van der Waals surface area contributed by atoms with E-state index in [0.29, 0.717) is 13.2 Å². The molecule has 130 valence electrons. The van der Waals surface area contributed by atoms with Gasteiger partial charge in [-0.15, -0.1) is 0 Å². The number of benzene rings is 1. The first-order valence-electron chi connectivity index (χ1n) is 8.38. The first-order chi connectivity index (χ1) is 11.6. The van der Waals surface area contributed by atoms with Crippen LogP contribution in [0.3, 0.4) is 0 Å². The minimum atomic E-state index is -0.204. The standard InChI is InChI=1S/C18H27N5O/c19-17(20)18(21)22-9-2-5-12-24-16-8-6-7-15(13-16)14-23-10-3-1-4-11-23/h2,5-8,13H,1,3-4,9-12,14H2,(H3,19,20)(H2,21,22)/b5-2-. The highest BCUT2D eigenvalue weighted by Crippen LogP contribution is 2.17. The van der Waals surface area contributed by atoms with Crippen molar-refractivity contribution in [2.24, 2.45) is 16.5 Å². The fourth-order valence-corrected chi connectivity index (χ4v) is 2.63. The van der Waals surface area contributed by atoms with Crippen LogP contribution in [0.25, 0.3) is 0 Å². The number of piperidine rings is 1. The molecule has 2 rings (SSSR count). The Kier molecular flexibility index (Phi) is 7.29. The lowest BCUT2D eigenvalue weighted by Gasteiger charge is -2.26. The van der Waals surface area contributed by atoms with Gasteiger partial charge in [0, 0.05) is 6.54 Å². The van der Waals surface area contributed by atoms with Crippen molar-refractivity contribution in [1.29, 1.82) is 5.41 Å². The van der Waals surface area contributed by atoms with Crippen LogP contribution in [-0.4, -0.2) is 42.8 Å². The fourth-order valence-electron chi connectivity index (χ4n) is 2.63. The van der Waals surface area contributed by atoms with E-state index >= 15 is 0 Å². The molecule has 5 N–H and O–H groups in total. The molecule has 0 radical (unpaired) electrons. The Morgan fingerprint density at radius 2 is 2.00 bits per heavy atom. The van der Waals surface area contributed by atoms with Crippen LogP contribution in [0.2, 0.25) is 0 Å². The molecule has 0 unspecified atom stereocenters. The number of hydrogen-bond donors (Lipinski definition) is 3. The van der Waals surface area contributed by atoms with Gasteiger partial charge in [-0.05, 0) is 49.7 Å². The van der Waals surface area contributed by atoms with Crippen LogP contribution in [0, 0.1) is 5.41 Å². The number of aliphatic imine (C=N–C) groups is 1. The lowest BCUT2D eigenvalue weighted by molar-refractivity contribution is 0.220. The molecule has 1 heterocycles. The summed E-state index contributed by atoms with van der Waals surface area (Å²) < 4.78 is 5.74. The van der Waals surface area contributed by atoms with E-state index in [1.807, 2.05) is 24.3 Å². The summed E-state index contributed by atoms with van der Waals surface area (Å²) in [4.78, 5) is 6.44. The third kappa shape index (κ3) is 6.42. The van der Waals surface area contributed by atoms with Crippen molar-refractivity contribution in [3.05, 3.63) is 42.0 Å². The van der Waals surface area contributed by atoms with Crippen molar-refractivity contribution in [1.82, 2.24) is 4.90 Å². The molecule has 0 aromatic heterocycles. The highest BCUT2D eigenvalue weighted by atomic mass is 16.5. The monoisotopic (exact) mass is 329 g/mol. The lowest BCUT2D eigenvalue weighted by Crippen LogP contribution is -2.30. The van der Waals surface area contributed by atoms with Crippen LogP contribution in [0.1, 0.15) is 24.8 Å². The normalized spacial score (nSPS) is 16.4. The maximum Gasteiger partial charge on any atom is 0.161 e. The van der Waals surface area contributed by atoms with Crippen molar-refractivity contribution in [3.8, 4) is 5.75 Å². The van der Waals surface area contributed by atoms with E-state index < -0.39 is 0 Å². The molecule has 24 heavy (non-hydrogen) atoms. The molecule has 1 aromatic rings. The smallest absolute Gasteiger partial charge is 0.161 e. The van der Waals surface area contributed by atoms with Crippen LogP contribution in [0.15, 0.2) is 41.4 Å². The van der Waals surface area contributed by atoms with Gasteiger partial charge in [-0.25, -0.2) is 0 Å². The lowest BCUT2D eigenvalue weighted by atomic mass is 10.1. The van der Waals surface area contributed by atoms with Gasteiger partial charge >= 0.3 is 0 Å². The Hall–Kier alpha value is -2.34. The summed E-state index contributed by atoms with van der Waals surface area (Å²) in [5.41, 5.74) is 11.9. The van der Waals surface area contributed by atoms with Gasteiger partial charge in [0.05, 0.1) is 6.54 Å². The molecule has 6 heteroatoms. The highest BCUT2D eigenvalue weighted by molar-refractivity contribution is 6.37. The third-order valence-corrected chi connectivity index (χ3v) is 3.91. The molecule has 6 nitrogen and oxygen atoms in total. The Balaban J connectivity index is 1.75. The van der Waals surface area contributed by atoms with Crippen LogP contribution in [0.4, 0.5) is 0 Å². The molecule has 0 atom stereocenters. The molecular weight excluding hydrogens is 302 g/mol. The van der Waals surface area contributed by atoms with E-state index in [9.17, 15) is 0 Å². The quantitative estimate of drug-likeness (QED) is 0.404. The molecule has 0 saturated carbocycles. The zero-order chi connectivity index (χ0) is 17.2. The second kappa shape index (κ2) is 9.72. The second-order valence-electron chi connectivity index (χ2n) is 5.91. The Labute approximate surface area is 143 Å². The first kappa shape index (κ1) is 18.0. The average Bonchev–Trinajstić information content (AvgIpc) is 2.59. The zero-order valence-corrected chi connectivity index (χ0v) is 14.1. The largest absolute Gasteiger partial charge is 0.490 e. The van der Waals surface area contributed by atoms with Crippen LogP contribution in [0.5, 0.6) is 5.75 Å². The summed E-state index contributed by atoms with van der Waals surface area (Å²) in [6.07, 6.45) is 7.69. The third-order valence-electron chi connectivity index (χ3n) is 3.91. The van der Waals surface area contributed by atoms with Gasteiger partial charge in [-0.3, -0.25) is 15.3 Å². The van der Waals surface area contributed by atoms with Gasteiger partial charge in [0.25, 0.3) is 0 Å².